The van der Waals surface area contributed by atoms with Crippen molar-refractivity contribution in [2.75, 3.05) is 5.73 Å². The number of hydrogen-bond acceptors (Lipinski definition) is 4. The minimum Gasteiger partial charge on any atom is -0.472 e. The minimum atomic E-state index is 0.390. The summed E-state index contributed by atoms with van der Waals surface area (Å²) in [5.74, 6) is 0.435. The predicted octanol–water partition coefficient (Wildman–Crippen LogP) is 2.60. The third kappa shape index (κ3) is 2.43. The Morgan fingerprint density at radius 2 is 2.05 bits per heavy atom. The zero-order valence-corrected chi connectivity index (χ0v) is 11.1. The van der Waals surface area contributed by atoms with Crippen LogP contribution in [-0.4, -0.2) is 4.98 Å². The van der Waals surface area contributed by atoms with E-state index in [2.05, 4.69) is 11.1 Å². The summed E-state index contributed by atoms with van der Waals surface area (Å²) >= 11 is 0. The Labute approximate surface area is 117 Å². The molecule has 1 heterocycles. The van der Waals surface area contributed by atoms with Crippen LogP contribution in [-0.2, 0) is 19.4 Å². The molecule has 1 aliphatic carbocycles. The zero-order valence-electron chi connectivity index (χ0n) is 11.1. The lowest BCUT2D eigenvalue weighted by Gasteiger charge is -2.09. The second kappa shape index (κ2) is 5.22. The first-order chi connectivity index (χ1) is 9.76. The maximum absolute atomic E-state index is 9.20. The highest BCUT2D eigenvalue weighted by Gasteiger charge is 2.17. The number of aromatic nitrogens is 1. The summed E-state index contributed by atoms with van der Waals surface area (Å²) in [5, 5.41) is 9.20. The lowest BCUT2D eigenvalue weighted by atomic mass is 10.1. The number of nitrogens with zero attached hydrogens (tertiary/aromatic N) is 2. The number of nitriles is 1. The topological polar surface area (TPSA) is 71.9 Å². The number of benzene rings is 1. The molecule has 1 aromatic heterocycles. The molecule has 4 nitrogen and oxygen atoms in total. The summed E-state index contributed by atoms with van der Waals surface area (Å²) in [7, 11) is 0. The summed E-state index contributed by atoms with van der Waals surface area (Å²) in [6, 6.07) is 11.6. The first kappa shape index (κ1) is 12.5. The summed E-state index contributed by atoms with van der Waals surface area (Å²) in [4.78, 5) is 4.49. The van der Waals surface area contributed by atoms with Crippen LogP contribution in [0.25, 0.3) is 0 Å². The molecular weight excluding hydrogens is 250 g/mol. The highest BCUT2D eigenvalue weighted by molar-refractivity contribution is 5.44. The van der Waals surface area contributed by atoms with Crippen molar-refractivity contribution >= 4 is 5.69 Å². The molecule has 3 rings (SSSR count). The molecule has 0 spiro atoms. The molecule has 0 amide bonds. The summed E-state index contributed by atoms with van der Waals surface area (Å²) in [6.07, 6.45) is 3.09. The summed E-state index contributed by atoms with van der Waals surface area (Å²) in [6.45, 7) is 0.390. The molecule has 0 saturated heterocycles. The number of fused-ring (bicyclic) bond motifs is 1. The van der Waals surface area contributed by atoms with Crippen molar-refractivity contribution in [1.29, 1.82) is 5.26 Å². The highest BCUT2D eigenvalue weighted by atomic mass is 16.5. The Morgan fingerprint density at radius 3 is 2.80 bits per heavy atom. The van der Waals surface area contributed by atoms with E-state index < -0.39 is 0 Å². The molecule has 0 atom stereocenters. The molecule has 100 valence electrons. The highest BCUT2D eigenvalue weighted by Crippen LogP contribution is 2.26. The largest absolute Gasteiger partial charge is 0.472 e. The number of nitrogen functional groups attached to an aromatic ring is 1. The predicted molar refractivity (Wildman–Crippen MR) is 76.2 cm³/mol. The number of nitrogens with two attached hydrogens (primary N) is 1. The van der Waals surface area contributed by atoms with Gasteiger partial charge in [0.25, 0.3) is 0 Å². The van der Waals surface area contributed by atoms with Gasteiger partial charge in [0.15, 0.2) is 0 Å². The first-order valence-electron chi connectivity index (χ1n) is 6.66. The molecule has 4 heteroatoms. The van der Waals surface area contributed by atoms with E-state index in [4.69, 9.17) is 10.5 Å². The van der Waals surface area contributed by atoms with Gasteiger partial charge in [0.05, 0.1) is 0 Å². The monoisotopic (exact) mass is 265 g/mol. The fraction of sp³-hybridized carbons (Fsp3) is 0.250. The Kier molecular flexibility index (Phi) is 3.26. The minimum absolute atomic E-state index is 0.390. The quantitative estimate of drug-likeness (QED) is 0.866. The van der Waals surface area contributed by atoms with Crippen LogP contribution >= 0.6 is 0 Å². The van der Waals surface area contributed by atoms with Gasteiger partial charge in [-0.05, 0) is 48.6 Å². The third-order valence-electron chi connectivity index (χ3n) is 3.49. The van der Waals surface area contributed by atoms with Crippen molar-refractivity contribution in [3.8, 4) is 11.9 Å². The Morgan fingerprint density at radius 1 is 1.25 bits per heavy atom. The van der Waals surface area contributed by atoms with E-state index in [1.54, 1.807) is 0 Å². The van der Waals surface area contributed by atoms with E-state index in [9.17, 15) is 5.26 Å². The molecule has 0 fully saturated rings. The SMILES string of the molecule is N#Cc1cc2c(nc1OCc1ccc(N)cc1)CCC2. The van der Waals surface area contributed by atoms with E-state index >= 15 is 0 Å². The molecule has 0 saturated carbocycles. The molecule has 2 N–H and O–H groups in total. The van der Waals surface area contributed by atoms with Crippen molar-refractivity contribution in [1.82, 2.24) is 4.98 Å². The van der Waals surface area contributed by atoms with Gasteiger partial charge in [0.2, 0.25) is 5.88 Å². The van der Waals surface area contributed by atoms with Gasteiger partial charge in [-0.1, -0.05) is 12.1 Å². The Hall–Kier alpha value is -2.54. The van der Waals surface area contributed by atoms with E-state index in [1.807, 2.05) is 30.3 Å². The summed E-state index contributed by atoms with van der Waals surface area (Å²) < 4.78 is 5.70. The van der Waals surface area contributed by atoms with Crippen LogP contribution in [0.3, 0.4) is 0 Å². The number of anilines is 1. The smallest absolute Gasteiger partial charge is 0.232 e. The van der Waals surface area contributed by atoms with Crippen LogP contribution in [0.4, 0.5) is 5.69 Å². The van der Waals surface area contributed by atoms with E-state index in [-0.39, 0.29) is 0 Å². The number of aryl methyl sites for hydroxylation is 2. The number of rotatable bonds is 3. The average molecular weight is 265 g/mol. The van der Waals surface area contributed by atoms with Gasteiger partial charge in [-0.15, -0.1) is 0 Å². The molecule has 0 aliphatic heterocycles. The molecule has 1 aliphatic rings. The van der Waals surface area contributed by atoms with Crippen LogP contribution in [0, 0.1) is 11.3 Å². The molecule has 0 radical (unpaired) electrons. The van der Waals surface area contributed by atoms with E-state index in [0.29, 0.717) is 18.1 Å². The molecule has 0 unspecified atom stereocenters. The van der Waals surface area contributed by atoms with Crippen LogP contribution in [0.15, 0.2) is 30.3 Å². The zero-order chi connectivity index (χ0) is 13.9. The van der Waals surface area contributed by atoms with Gasteiger partial charge in [-0.2, -0.15) is 5.26 Å². The third-order valence-corrected chi connectivity index (χ3v) is 3.49. The molecule has 1 aromatic carbocycles. The normalized spacial score (nSPS) is 12.8. The maximum Gasteiger partial charge on any atom is 0.232 e. The van der Waals surface area contributed by atoms with Crippen LogP contribution < -0.4 is 10.5 Å². The second-order valence-corrected chi connectivity index (χ2v) is 4.94. The second-order valence-electron chi connectivity index (χ2n) is 4.94. The Bertz CT molecular complexity index is 671. The van der Waals surface area contributed by atoms with Crippen molar-refractivity contribution in [2.24, 2.45) is 0 Å². The van der Waals surface area contributed by atoms with Gasteiger partial charge in [0, 0.05) is 11.4 Å². The lowest BCUT2D eigenvalue weighted by molar-refractivity contribution is 0.292. The van der Waals surface area contributed by atoms with Crippen LogP contribution in [0.5, 0.6) is 5.88 Å². The van der Waals surface area contributed by atoms with Crippen LogP contribution in [0.1, 0.15) is 28.8 Å². The van der Waals surface area contributed by atoms with Crippen molar-refractivity contribution in [3.05, 3.63) is 52.7 Å². The fourth-order valence-electron chi connectivity index (χ4n) is 2.41. The van der Waals surface area contributed by atoms with Gasteiger partial charge in [-0.3, -0.25) is 0 Å². The van der Waals surface area contributed by atoms with E-state index in [1.165, 1.54) is 5.56 Å². The van der Waals surface area contributed by atoms with Gasteiger partial charge < -0.3 is 10.5 Å². The number of hydrogen-bond donors (Lipinski definition) is 1. The fourth-order valence-corrected chi connectivity index (χ4v) is 2.41. The first-order valence-corrected chi connectivity index (χ1v) is 6.66. The van der Waals surface area contributed by atoms with Crippen molar-refractivity contribution < 1.29 is 4.74 Å². The number of ether oxygens (including phenoxy) is 1. The molecule has 2 aromatic rings. The maximum atomic E-state index is 9.20. The van der Waals surface area contributed by atoms with Crippen molar-refractivity contribution in [3.63, 3.8) is 0 Å². The van der Waals surface area contributed by atoms with E-state index in [0.717, 1.165) is 36.2 Å². The Balaban J connectivity index is 1.80. The summed E-state index contributed by atoms with van der Waals surface area (Å²) in [5.41, 5.74) is 10.1. The van der Waals surface area contributed by atoms with Crippen LogP contribution in [0.2, 0.25) is 0 Å². The molecular formula is C16H15N3O. The molecule has 0 bridgehead atoms. The number of pyridine rings is 1. The average Bonchev–Trinajstić information content (AvgIpc) is 2.92. The molecule has 20 heavy (non-hydrogen) atoms. The standard InChI is InChI=1S/C16H15N3O/c17-9-13-8-12-2-1-3-15(12)19-16(13)20-10-11-4-6-14(18)7-5-11/h4-8H,1-3,10,18H2. The lowest BCUT2D eigenvalue weighted by Crippen LogP contribution is -2.02. The van der Waals surface area contributed by atoms with Gasteiger partial charge in [-0.25, -0.2) is 4.98 Å². The van der Waals surface area contributed by atoms with Crippen molar-refractivity contribution in [2.45, 2.75) is 25.9 Å². The van der Waals surface area contributed by atoms with Gasteiger partial charge in [0.1, 0.15) is 18.2 Å². The van der Waals surface area contributed by atoms with Gasteiger partial charge >= 0.3 is 0 Å².